The van der Waals surface area contributed by atoms with Crippen LogP contribution in [0.3, 0.4) is 0 Å². The predicted molar refractivity (Wildman–Crippen MR) is 175 cm³/mol. The molecular formula is C35H35ClN2O5S. The van der Waals surface area contributed by atoms with Gasteiger partial charge < -0.3 is 14.4 Å². The fourth-order valence-electron chi connectivity index (χ4n) is 5.55. The van der Waals surface area contributed by atoms with Crippen molar-refractivity contribution in [3.8, 4) is 5.75 Å². The third-order valence-electron chi connectivity index (χ3n) is 7.71. The maximum absolute atomic E-state index is 12.7. The number of benzene rings is 4. The van der Waals surface area contributed by atoms with Crippen LogP contribution in [0.25, 0.3) is 10.9 Å². The summed E-state index contributed by atoms with van der Waals surface area (Å²) in [6.07, 6.45) is -0.105. The van der Waals surface area contributed by atoms with E-state index < -0.39 is 27.3 Å². The molecule has 0 aliphatic rings. The first-order valence-electron chi connectivity index (χ1n) is 14.5. The molecule has 4 aromatic carbocycles. The Labute approximate surface area is 263 Å². The summed E-state index contributed by atoms with van der Waals surface area (Å²) in [6, 6.07) is 32.2. The Hall–Kier alpha value is -4.11. The van der Waals surface area contributed by atoms with Crippen LogP contribution < -0.4 is 9.46 Å². The molecular weight excluding hydrogens is 596 g/mol. The maximum Gasteiger partial charge on any atom is 0.335 e. The molecule has 44 heavy (non-hydrogen) atoms. The standard InChI is InChI=1S/C35H35ClN2O5S/c1-23(2)44(41,42)37-21-20-32-33(24(3)43-29-17-14-27(15-18-29)35(39)40)30-22-28(36)16-19-31(30)38(32)34(25-10-6-4-7-11-25)26-12-8-5-9-13-26/h4-19,22-24,34,37H,20-21H2,1-3H3,(H,39,40). The molecule has 228 valence electrons. The van der Waals surface area contributed by atoms with E-state index in [1.165, 1.54) is 12.1 Å². The molecule has 7 nitrogen and oxygen atoms in total. The number of nitrogens with zero attached hydrogens (tertiary/aromatic N) is 1. The minimum Gasteiger partial charge on any atom is -0.486 e. The summed E-state index contributed by atoms with van der Waals surface area (Å²) in [7, 11) is -3.49. The molecule has 1 heterocycles. The summed E-state index contributed by atoms with van der Waals surface area (Å²) in [5.74, 6) is -0.499. The smallest absolute Gasteiger partial charge is 0.335 e. The fourth-order valence-corrected chi connectivity index (χ4v) is 6.44. The summed E-state index contributed by atoms with van der Waals surface area (Å²) in [6.45, 7) is 5.43. The summed E-state index contributed by atoms with van der Waals surface area (Å²) < 4.78 is 36.9. The quantitative estimate of drug-likeness (QED) is 0.148. The molecule has 2 N–H and O–H groups in total. The van der Waals surface area contributed by atoms with Crippen molar-refractivity contribution in [2.45, 2.75) is 44.6 Å². The third kappa shape index (κ3) is 6.68. The molecule has 0 aliphatic carbocycles. The van der Waals surface area contributed by atoms with Crippen LogP contribution in [-0.2, 0) is 16.4 Å². The average Bonchev–Trinajstić information content (AvgIpc) is 3.31. The van der Waals surface area contributed by atoms with E-state index in [-0.39, 0.29) is 18.2 Å². The molecule has 1 atom stereocenters. The number of carbonyl (C=O) groups is 1. The van der Waals surface area contributed by atoms with E-state index in [0.29, 0.717) is 17.2 Å². The van der Waals surface area contributed by atoms with E-state index in [0.717, 1.165) is 33.3 Å². The van der Waals surface area contributed by atoms with Gasteiger partial charge in [0.25, 0.3) is 0 Å². The van der Waals surface area contributed by atoms with Gasteiger partial charge in [-0.05, 0) is 74.4 Å². The second kappa shape index (κ2) is 13.3. The molecule has 0 spiro atoms. The molecule has 1 unspecified atom stereocenters. The summed E-state index contributed by atoms with van der Waals surface area (Å²) in [5, 5.41) is 10.2. The van der Waals surface area contributed by atoms with Gasteiger partial charge in [-0.25, -0.2) is 17.9 Å². The molecule has 5 aromatic rings. The summed E-state index contributed by atoms with van der Waals surface area (Å²) >= 11 is 6.58. The number of carboxylic acid groups (broad SMARTS) is 1. The lowest BCUT2D eigenvalue weighted by Gasteiger charge is -2.26. The number of hydrogen-bond donors (Lipinski definition) is 2. The summed E-state index contributed by atoms with van der Waals surface area (Å²) in [5.41, 5.74) is 5.02. The van der Waals surface area contributed by atoms with Crippen molar-refractivity contribution in [2.24, 2.45) is 0 Å². The van der Waals surface area contributed by atoms with Crippen LogP contribution in [0.4, 0.5) is 0 Å². The van der Waals surface area contributed by atoms with Gasteiger partial charge in [0.1, 0.15) is 11.9 Å². The number of nitrogens with one attached hydrogen (secondary N) is 1. The zero-order valence-corrected chi connectivity index (χ0v) is 26.3. The van der Waals surface area contributed by atoms with Crippen molar-refractivity contribution < 1.29 is 23.1 Å². The van der Waals surface area contributed by atoms with E-state index >= 15 is 0 Å². The monoisotopic (exact) mass is 630 g/mol. The largest absolute Gasteiger partial charge is 0.486 e. The highest BCUT2D eigenvalue weighted by Gasteiger charge is 2.29. The highest BCUT2D eigenvalue weighted by Crippen LogP contribution is 2.40. The Morgan fingerprint density at radius 2 is 1.48 bits per heavy atom. The molecule has 0 aliphatic heterocycles. The van der Waals surface area contributed by atoms with Gasteiger partial charge in [-0.1, -0.05) is 72.3 Å². The van der Waals surface area contributed by atoms with Crippen molar-refractivity contribution in [1.82, 2.24) is 9.29 Å². The van der Waals surface area contributed by atoms with Gasteiger partial charge in [0.05, 0.1) is 16.9 Å². The van der Waals surface area contributed by atoms with Gasteiger partial charge in [-0.3, -0.25) is 0 Å². The van der Waals surface area contributed by atoms with Crippen molar-refractivity contribution in [3.05, 3.63) is 136 Å². The maximum atomic E-state index is 12.7. The number of carboxylic acids is 1. The number of halogens is 1. The SMILES string of the molecule is CC(Oc1ccc(C(=O)O)cc1)c1c(CCNS(=O)(=O)C(C)C)n(C(c2ccccc2)c2ccccc2)c2ccc(Cl)cc12. The second-order valence-electron chi connectivity index (χ2n) is 10.9. The Morgan fingerprint density at radius 3 is 2.02 bits per heavy atom. The van der Waals surface area contributed by atoms with Crippen LogP contribution in [0.2, 0.25) is 5.02 Å². The number of fused-ring (bicyclic) bond motifs is 1. The highest BCUT2D eigenvalue weighted by atomic mass is 35.5. The number of rotatable bonds is 12. The first-order chi connectivity index (χ1) is 21.1. The van der Waals surface area contributed by atoms with Crippen molar-refractivity contribution >= 4 is 38.5 Å². The molecule has 0 amide bonds. The molecule has 1 aromatic heterocycles. The van der Waals surface area contributed by atoms with Crippen LogP contribution in [0.1, 0.15) is 65.7 Å². The first kappa shape index (κ1) is 31.3. The molecule has 9 heteroatoms. The lowest BCUT2D eigenvalue weighted by molar-refractivity contribution is 0.0697. The van der Waals surface area contributed by atoms with E-state index in [1.807, 2.05) is 61.5 Å². The molecule has 0 fully saturated rings. The van der Waals surface area contributed by atoms with Gasteiger partial charge in [0, 0.05) is 40.1 Å². The lowest BCUT2D eigenvalue weighted by Crippen LogP contribution is -2.33. The predicted octanol–water partition coefficient (Wildman–Crippen LogP) is 7.64. The molecule has 5 rings (SSSR count). The highest BCUT2D eigenvalue weighted by molar-refractivity contribution is 7.90. The van der Waals surface area contributed by atoms with Gasteiger partial charge in [0.15, 0.2) is 0 Å². The molecule has 0 radical (unpaired) electrons. The summed E-state index contributed by atoms with van der Waals surface area (Å²) in [4.78, 5) is 11.4. The van der Waals surface area contributed by atoms with Crippen LogP contribution in [0.5, 0.6) is 5.75 Å². The number of aromatic nitrogens is 1. The van der Waals surface area contributed by atoms with Crippen molar-refractivity contribution in [1.29, 1.82) is 0 Å². The Bertz CT molecular complexity index is 1820. The Kier molecular flexibility index (Phi) is 9.44. The van der Waals surface area contributed by atoms with Crippen molar-refractivity contribution in [3.63, 3.8) is 0 Å². The van der Waals surface area contributed by atoms with Crippen LogP contribution in [0.15, 0.2) is 103 Å². The Morgan fingerprint density at radius 1 is 0.886 bits per heavy atom. The van der Waals surface area contributed by atoms with Crippen molar-refractivity contribution in [2.75, 3.05) is 6.54 Å². The zero-order valence-electron chi connectivity index (χ0n) is 24.8. The second-order valence-corrected chi connectivity index (χ2v) is 13.7. The number of aromatic carboxylic acids is 1. The molecule has 0 saturated heterocycles. The minimum atomic E-state index is -3.49. The van der Waals surface area contributed by atoms with Gasteiger partial charge in [-0.15, -0.1) is 0 Å². The van der Waals surface area contributed by atoms with Gasteiger partial charge in [-0.2, -0.15) is 0 Å². The normalized spacial score (nSPS) is 12.6. The molecule has 0 bridgehead atoms. The lowest BCUT2D eigenvalue weighted by atomic mass is 9.97. The molecule has 0 saturated carbocycles. The zero-order chi connectivity index (χ0) is 31.4. The number of ether oxygens (including phenoxy) is 1. The number of hydrogen-bond acceptors (Lipinski definition) is 4. The fraction of sp³-hybridized carbons (Fsp3) is 0.229. The average molecular weight is 631 g/mol. The van der Waals surface area contributed by atoms with E-state index in [9.17, 15) is 18.3 Å². The van der Waals surface area contributed by atoms with E-state index in [2.05, 4.69) is 33.6 Å². The first-order valence-corrected chi connectivity index (χ1v) is 16.4. The third-order valence-corrected chi connectivity index (χ3v) is 9.79. The number of sulfonamides is 1. The van der Waals surface area contributed by atoms with Gasteiger partial charge in [0.2, 0.25) is 10.0 Å². The van der Waals surface area contributed by atoms with E-state index in [1.54, 1.807) is 26.0 Å². The van der Waals surface area contributed by atoms with Crippen LogP contribution in [-0.4, -0.2) is 35.9 Å². The van der Waals surface area contributed by atoms with Crippen LogP contribution >= 0.6 is 11.6 Å². The minimum absolute atomic E-state index is 0.167. The topological polar surface area (TPSA) is 97.6 Å². The van der Waals surface area contributed by atoms with E-state index in [4.69, 9.17) is 16.3 Å². The van der Waals surface area contributed by atoms with Gasteiger partial charge >= 0.3 is 5.97 Å². The Balaban J connectivity index is 1.71. The van der Waals surface area contributed by atoms with Crippen LogP contribution in [0, 0.1) is 0 Å².